The molecule has 2 atom stereocenters. The fourth-order valence-corrected chi connectivity index (χ4v) is 4.92. The Morgan fingerprint density at radius 3 is 1.93 bits per heavy atom. The van der Waals surface area contributed by atoms with Gasteiger partial charge in [-0.05, 0) is 72.4 Å². The molecule has 0 N–H and O–H groups in total. The molecule has 5 rings (SSSR count). The predicted molar refractivity (Wildman–Crippen MR) is 118 cm³/mol. The molecule has 1 saturated heterocycles. The van der Waals surface area contributed by atoms with Crippen LogP contribution in [-0.2, 0) is 0 Å². The number of hydrogen-bond donors (Lipinski definition) is 0. The third kappa shape index (κ3) is 3.91. The molecule has 0 radical (unpaired) electrons. The molecule has 3 aromatic carbocycles. The Kier molecular flexibility index (Phi) is 5.01. The smallest absolute Gasteiger partial charge is 0.00157 e. The molecule has 1 aliphatic heterocycles. The lowest BCUT2D eigenvalue weighted by Gasteiger charge is -2.32. The molecule has 1 nitrogen and oxygen atoms in total. The molecular formula is C27H29N. The SMILES string of the molecule is c1ccc(-c2ccc(C3CCN(C[C@@H]4C[C@H]4c4ccccc4)CC3)cc2)cc1. The minimum absolute atomic E-state index is 0.727. The molecule has 2 aliphatic rings. The third-order valence-corrected chi connectivity index (χ3v) is 6.72. The number of nitrogens with zero attached hydrogens (tertiary/aromatic N) is 1. The first-order valence-electron chi connectivity index (χ1n) is 10.8. The molecule has 1 heteroatoms. The Morgan fingerprint density at radius 1 is 0.643 bits per heavy atom. The Balaban J connectivity index is 1.14. The van der Waals surface area contributed by atoms with Gasteiger partial charge in [0.15, 0.2) is 0 Å². The number of hydrogen-bond acceptors (Lipinski definition) is 1. The molecule has 0 bridgehead atoms. The van der Waals surface area contributed by atoms with E-state index >= 15 is 0 Å². The Bertz CT molecular complexity index is 877. The Labute approximate surface area is 169 Å². The van der Waals surface area contributed by atoms with E-state index < -0.39 is 0 Å². The van der Waals surface area contributed by atoms with Crippen LogP contribution >= 0.6 is 0 Å². The van der Waals surface area contributed by atoms with Crippen molar-refractivity contribution in [2.24, 2.45) is 5.92 Å². The second-order valence-electron chi connectivity index (χ2n) is 8.58. The topological polar surface area (TPSA) is 3.24 Å². The van der Waals surface area contributed by atoms with Crippen LogP contribution in [0.2, 0.25) is 0 Å². The molecule has 0 spiro atoms. The minimum atomic E-state index is 0.727. The molecule has 0 aromatic heterocycles. The van der Waals surface area contributed by atoms with Crippen LogP contribution in [-0.4, -0.2) is 24.5 Å². The molecule has 1 saturated carbocycles. The van der Waals surface area contributed by atoms with E-state index in [2.05, 4.69) is 89.8 Å². The maximum atomic E-state index is 2.71. The van der Waals surface area contributed by atoms with Gasteiger partial charge in [0.25, 0.3) is 0 Å². The minimum Gasteiger partial charge on any atom is -0.303 e. The van der Waals surface area contributed by atoms with Crippen LogP contribution in [0.1, 0.15) is 42.2 Å². The largest absolute Gasteiger partial charge is 0.303 e. The van der Waals surface area contributed by atoms with Gasteiger partial charge in [-0.1, -0.05) is 84.9 Å². The van der Waals surface area contributed by atoms with Gasteiger partial charge >= 0.3 is 0 Å². The van der Waals surface area contributed by atoms with E-state index in [1.165, 1.54) is 55.6 Å². The average Bonchev–Trinajstić information content (AvgIpc) is 3.55. The van der Waals surface area contributed by atoms with Crippen LogP contribution < -0.4 is 0 Å². The summed E-state index contributed by atoms with van der Waals surface area (Å²) in [5, 5.41) is 0. The highest BCUT2D eigenvalue weighted by atomic mass is 15.1. The summed E-state index contributed by atoms with van der Waals surface area (Å²) in [6.45, 7) is 3.80. The summed E-state index contributed by atoms with van der Waals surface area (Å²) in [5.74, 6) is 2.42. The molecule has 0 unspecified atom stereocenters. The van der Waals surface area contributed by atoms with Crippen molar-refractivity contribution in [3.8, 4) is 11.1 Å². The zero-order valence-electron chi connectivity index (χ0n) is 16.5. The van der Waals surface area contributed by atoms with E-state index in [1.807, 2.05) is 0 Å². The van der Waals surface area contributed by atoms with Gasteiger partial charge in [-0.15, -0.1) is 0 Å². The van der Waals surface area contributed by atoms with Crippen LogP contribution in [0.15, 0.2) is 84.9 Å². The molecule has 28 heavy (non-hydrogen) atoms. The van der Waals surface area contributed by atoms with Gasteiger partial charge in [0.05, 0.1) is 0 Å². The van der Waals surface area contributed by atoms with Crippen molar-refractivity contribution in [3.63, 3.8) is 0 Å². The van der Waals surface area contributed by atoms with Crippen molar-refractivity contribution in [2.75, 3.05) is 19.6 Å². The second kappa shape index (κ2) is 7.93. The van der Waals surface area contributed by atoms with E-state index in [0.717, 1.165) is 17.8 Å². The van der Waals surface area contributed by atoms with Crippen LogP contribution in [0, 0.1) is 5.92 Å². The van der Waals surface area contributed by atoms with E-state index in [4.69, 9.17) is 0 Å². The lowest BCUT2D eigenvalue weighted by molar-refractivity contribution is 0.203. The third-order valence-electron chi connectivity index (χ3n) is 6.72. The van der Waals surface area contributed by atoms with E-state index in [1.54, 1.807) is 5.56 Å². The average molecular weight is 368 g/mol. The number of piperidine rings is 1. The van der Waals surface area contributed by atoms with Crippen molar-refractivity contribution in [1.29, 1.82) is 0 Å². The van der Waals surface area contributed by atoms with Crippen LogP contribution in [0.5, 0.6) is 0 Å². The second-order valence-corrected chi connectivity index (χ2v) is 8.58. The lowest BCUT2D eigenvalue weighted by atomic mass is 9.88. The van der Waals surface area contributed by atoms with Crippen molar-refractivity contribution in [3.05, 3.63) is 96.1 Å². The molecule has 1 heterocycles. The Morgan fingerprint density at radius 2 is 1.25 bits per heavy atom. The van der Waals surface area contributed by atoms with E-state index in [0.29, 0.717) is 0 Å². The van der Waals surface area contributed by atoms with Gasteiger partial charge in [-0.3, -0.25) is 0 Å². The van der Waals surface area contributed by atoms with Crippen molar-refractivity contribution >= 4 is 0 Å². The molecule has 2 fully saturated rings. The fraction of sp³-hybridized carbons (Fsp3) is 0.333. The fourth-order valence-electron chi connectivity index (χ4n) is 4.92. The monoisotopic (exact) mass is 367 g/mol. The summed E-state index contributed by atoms with van der Waals surface area (Å²) in [4.78, 5) is 2.71. The predicted octanol–water partition coefficient (Wildman–Crippen LogP) is 6.34. The first-order chi connectivity index (χ1) is 13.9. The Hall–Kier alpha value is -2.38. The molecule has 0 amide bonds. The van der Waals surface area contributed by atoms with Gasteiger partial charge in [0.1, 0.15) is 0 Å². The lowest BCUT2D eigenvalue weighted by Crippen LogP contribution is -2.34. The summed E-state index contributed by atoms with van der Waals surface area (Å²) in [6.07, 6.45) is 3.98. The summed E-state index contributed by atoms with van der Waals surface area (Å²) < 4.78 is 0. The number of benzene rings is 3. The van der Waals surface area contributed by atoms with E-state index in [-0.39, 0.29) is 0 Å². The highest BCUT2D eigenvalue weighted by molar-refractivity contribution is 5.63. The summed E-state index contributed by atoms with van der Waals surface area (Å²) in [5.41, 5.74) is 5.69. The maximum Gasteiger partial charge on any atom is 0.00157 e. The van der Waals surface area contributed by atoms with Crippen LogP contribution in [0.25, 0.3) is 11.1 Å². The van der Waals surface area contributed by atoms with Gasteiger partial charge in [-0.2, -0.15) is 0 Å². The number of rotatable bonds is 5. The van der Waals surface area contributed by atoms with Crippen molar-refractivity contribution < 1.29 is 0 Å². The van der Waals surface area contributed by atoms with Gasteiger partial charge in [-0.25, -0.2) is 0 Å². The zero-order chi connectivity index (χ0) is 18.8. The van der Waals surface area contributed by atoms with Gasteiger partial charge < -0.3 is 4.90 Å². The summed E-state index contributed by atoms with van der Waals surface area (Å²) in [6, 6.07) is 31.1. The summed E-state index contributed by atoms with van der Waals surface area (Å²) in [7, 11) is 0. The zero-order valence-corrected chi connectivity index (χ0v) is 16.5. The first-order valence-corrected chi connectivity index (χ1v) is 10.8. The van der Waals surface area contributed by atoms with Crippen LogP contribution in [0.4, 0.5) is 0 Å². The molecule has 142 valence electrons. The summed E-state index contributed by atoms with van der Waals surface area (Å²) >= 11 is 0. The molecule has 3 aromatic rings. The standard InChI is InChI=1S/C27H29N/c1-3-7-21(8-4-1)22-11-13-23(14-12-22)24-15-17-28(18-16-24)20-26-19-27(26)25-9-5-2-6-10-25/h1-14,24,26-27H,15-20H2/t26-,27-/m0/s1. The maximum absolute atomic E-state index is 2.71. The van der Waals surface area contributed by atoms with Gasteiger partial charge in [0, 0.05) is 6.54 Å². The van der Waals surface area contributed by atoms with Crippen molar-refractivity contribution in [2.45, 2.75) is 31.1 Å². The van der Waals surface area contributed by atoms with Crippen molar-refractivity contribution in [1.82, 2.24) is 4.90 Å². The van der Waals surface area contributed by atoms with Gasteiger partial charge in [0.2, 0.25) is 0 Å². The van der Waals surface area contributed by atoms with E-state index in [9.17, 15) is 0 Å². The molecular weight excluding hydrogens is 338 g/mol. The highest BCUT2D eigenvalue weighted by Crippen LogP contribution is 2.48. The quantitative estimate of drug-likeness (QED) is 0.509. The molecule has 1 aliphatic carbocycles. The number of likely N-dealkylation sites (tertiary alicyclic amines) is 1. The first kappa shape index (κ1) is 17.7. The highest BCUT2D eigenvalue weighted by Gasteiger charge is 2.39. The van der Waals surface area contributed by atoms with Crippen LogP contribution in [0.3, 0.4) is 0 Å². The normalized spacial score (nSPS) is 22.9.